The Labute approximate surface area is 147 Å². The summed E-state index contributed by atoms with van der Waals surface area (Å²) < 4.78 is 26.9. The van der Waals surface area contributed by atoms with Crippen LogP contribution in [0.5, 0.6) is 0 Å². The average Bonchev–Trinajstić information content (AvgIpc) is 2.46. The van der Waals surface area contributed by atoms with Crippen molar-refractivity contribution in [3.8, 4) is 0 Å². The minimum absolute atomic E-state index is 0.243. The third-order valence-corrected chi connectivity index (χ3v) is 2.94. The lowest BCUT2D eigenvalue weighted by molar-refractivity contribution is -0.156. The van der Waals surface area contributed by atoms with Crippen molar-refractivity contribution >= 4 is 5.97 Å². The fourth-order valence-electron chi connectivity index (χ4n) is 1.89. The molecule has 0 aromatic carbocycles. The van der Waals surface area contributed by atoms with Gasteiger partial charge in [-0.1, -0.05) is 13.3 Å². The molecule has 0 saturated heterocycles. The van der Waals surface area contributed by atoms with Crippen LogP contribution in [0, 0.1) is 0 Å². The molecule has 0 N–H and O–H groups in total. The van der Waals surface area contributed by atoms with Crippen LogP contribution in [0.2, 0.25) is 0 Å². The smallest absolute Gasteiger partial charge is 0.308 e. The number of hydrogen-bond donors (Lipinski definition) is 0. The van der Waals surface area contributed by atoms with Gasteiger partial charge >= 0.3 is 5.97 Å². The van der Waals surface area contributed by atoms with E-state index >= 15 is 0 Å². The Morgan fingerprint density at radius 3 is 1.88 bits per heavy atom. The molecule has 0 aliphatic carbocycles. The molecular formula is C18H36O6. The molecule has 1 unspecified atom stereocenters. The quantitative estimate of drug-likeness (QED) is 0.335. The summed E-state index contributed by atoms with van der Waals surface area (Å²) in [6.45, 7) is 13.3. The number of hydrogen-bond acceptors (Lipinski definition) is 6. The Morgan fingerprint density at radius 2 is 1.38 bits per heavy atom. The van der Waals surface area contributed by atoms with E-state index in [4.69, 9.17) is 23.7 Å². The highest BCUT2D eigenvalue weighted by Crippen LogP contribution is 2.08. The molecule has 0 aromatic heterocycles. The maximum atomic E-state index is 11.4. The highest BCUT2D eigenvalue weighted by atomic mass is 16.6. The molecule has 1 atom stereocenters. The van der Waals surface area contributed by atoms with Crippen LogP contribution in [0.3, 0.4) is 0 Å². The molecule has 0 aromatic rings. The van der Waals surface area contributed by atoms with Crippen molar-refractivity contribution in [2.75, 3.05) is 46.2 Å². The Kier molecular flexibility index (Phi) is 14.2. The van der Waals surface area contributed by atoms with Crippen LogP contribution in [0.1, 0.15) is 53.9 Å². The van der Waals surface area contributed by atoms with Crippen LogP contribution < -0.4 is 0 Å². The van der Waals surface area contributed by atoms with E-state index in [-0.39, 0.29) is 12.4 Å². The first kappa shape index (κ1) is 23.3. The topological polar surface area (TPSA) is 63.2 Å². The van der Waals surface area contributed by atoms with Crippen molar-refractivity contribution in [1.82, 2.24) is 0 Å². The minimum Gasteiger partial charge on any atom is -0.460 e. The van der Waals surface area contributed by atoms with Gasteiger partial charge < -0.3 is 23.7 Å². The maximum Gasteiger partial charge on any atom is 0.308 e. The van der Waals surface area contributed by atoms with E-state index in [0.29, 0.717) is 52.4 Å². The average molecular weight is 348 g/mol. The minimum atomic E-state index is -0.445. The second-order valence-corrected chi connectivity index (χ2v) is 6.64. The SMILES string of the molecule is CCCC(C)OCCOCCOCCOCCC(=O)OC(C)(C)C. The zero-order valence-corrected chi connectivity index (χ0v) is 16.1. The summed E-state index contributed by atoms with van der Waals surface area (Å²) in [5.41, 5.74) is -0.445. The van der Waals surface area contributed by atoms with Crippen molar-refractivity contribution in [3.63, 3.8) is 0 Å². The molecular weight excluding hydrogens is 312 g/mol. The molecule has 0 fully saturated rings. The Balaban J connectivity index is 3.22. The van der Waals surface area contributed by atoms with E-state index in [9.17, 15) is 4.79 Å². The first-order valence-corrected chi connectivity index (χ1v) is 8.92. The van der Waals surface area contributed by atoms with Crippen molar-refractivity contribution in [1.29, 1.82) is 0 Å². The fraction of sp³-hybridized carbons (Fsp3) is 0.944. The van der Waals surface area contributed by atoms with Crippen molar-refractivity contribution < 1.29 is 28.5 Å². The van der Waals surface area contributed by atoms with E-state index in [1.54, 1.807) is 0 Å². The number of ether oxygens (including phenoxy) is 5. The van der Waals surface area contributed by atoms with Crippen molar-refractivity contribution in [2.24, 2.45) is 0 Å². The highest BCUT2D eigenvalue weighted by molar-refractivity contribution is 5.69. The van der Waals surface area contributed by atoms with Gasteiger partial charge in [-0.15, -0.1) is 0 Å². The zero-order chi connectivity index (χ0) is 18.3. The lowest BCUT2D eigenvalue weighted by Gasteiger charge is -2.19. The van der Waals surface area contributed by atoms with Crippen molar-refractivity contribution in [2.45, 2.75) is 65.6 Å². The third-order valence-electron chi connectivity index (χ3n) is 2.94. The number of carbonyl (C=O) groups excluding carboxylic acids is 1. The van der Waals surface area contributed by atoms with Gasteiger partial charge in [0.1, 0.15) is 5.60 Å². The number of carbonyl (C=O) groups is 1. The van der Waals surface area contributed by atoms with Gasteiger partial charge in [-0.25, -0.2) is 0 Å². The van der Waals surface area contributed by atoms with Gasteiger partial charge in [-0.3, -0.25) is 4.79 Å². The van der Waals surface area contributed by atoms with E-state index in [2.05, 4.69) is 13.8 Å². The first-order chi connectivity index (χ1) is 11.3. The predicted molar refractivity (Wildman–Crippen MR) is 93.2 cm³/mol. The standard InChI is InChI=1S/C18H36O6/c1-6-7-16(2)23-15-14-22-13-12-21-11-10-20-9-8-17(19)24-18(3,4)5/h16H,6-15H2,1-5H3. The molecule has 24 heavy (non-hydrogen) atoms. The normalized spacial score (nSPS) is 13.0. The Morgan fingerprint density at radius 1 is 0.875 bits per heavy atom. The first-order valence-electron chi connectivity index (χ1n) is 8.92. The van der Waals surface area contributed by atoms with E-state index < -0.39 is 5.60 Å². The van der Waals surface area contributed by atoms with Crippen LogP contribution in [-0.2, 0) is 28.5 Å². The molecule has 0 aliphatic heterocycles. The highest BCUT2D eigenvalue weighted by Gasteiger charge is 2.15. The van der Waals surface area contributed by atoms with Gasteiger partial charge in [0.15, 0.2) is 0 Å². The van der Waals surface area contributed by atoms with E-state index in [0.717, 1.165) is 12.8 Å². The predicted octanol–water partition coefficient (Wildman–Crippen LogP) is 2.97. The zero-order valence-electron chi connectivity index (χ0n) is 16.1. The van der Waals surface area contributed by atoms with Gasteiger partial charge in [-0.2, -0.15) is 0 Å². The summed E-state index contributed by atoms with van der Waals surface area (Å²) in [6.07, 6.45) is 2.77. The monoisotopic (exact) mass is 348 g/mol. The molecule has 144 valence electrons. The molecule has 0 bridgehead atoms. The summed E-state index contributed by atoms with van der Waals surface area (Å²) in [5, 5.41) is 0. The molecule has 0 heterocycles. The van der Waals surface area contributed by atoms with E-state index in [1.807, 2.05) is 20.8 Å². The summed E-state index contributed by atoms with van der Waals surface area (Å²) in [6, 6.07) is 0. The van der Waals surface area contributed by atoms with Crippen LogP contribution in [-0.4, -0.2) is 63.9 Å². The second kappa shape index (κ2) is 14.6. The fourth-order valence-corrected chi connectivity index (χ4v) is 1.89. The summed E-state index contributed by atoms with van der Waals surface area (Å²) in [4.78, 5) is 11.4. The summed E-state index contributed by atoms with van der Waals surface area (Å²) in [7, 11) is 0. The molecule has 0 saturated carbocycles. The molecule has 6 heteroatoms. The summed E-state index contributed by atoms with van der Waals surface area (Å²) in [5.74, 6) is -0.243. The molecule has 6 nitrogen and oxygen atoms in total. The Hall–Kier alpha value is -0.690. The van der Waals surface area contributed by atoms with Crippen LogP contribution in [0.25, 0.3) is 0 Å². The second-order valence-electron chi connectivity index (χ2n) is 6.64. The number of esters is 1. The van der Waals surface area contributed by atoms with Gasteiger partial charge in [-0.05, 0) is 34.1 Å². The molecule has 0 radical (unpaired) electrons. The van der Waals surface area contributed by atoms with Gasteiger partial charge in [0.05, 0.1) is 58.8 Å². The van der Waals surface area contributed by atoms with Crippen molar-refractivity contribution in [3.05, 3.63) is 0 Å². The van der Waals surface area contributed by atoms with Crippen LogP contribution in [0.15, 0.2) is 0 Å². The van der Waals surface area contributed by atoms with Crippen LogP contribution in [0.4, 0.5) is 0 Å². The third kappa shape index (κ3) is 17.7. The Bertz CT molecular complexity index is 300. The molecule has 0 aliphatic rings. The largest absolute Gasteiger partial charge is 0.460 e. The lowest BCUT2D eigenvalue weighted by atomic mass is 10.2. The van der Waals surface area contributed by atoms with Gasteiger partial charge in [0.25, 0.3) is 0 Å². The van der Waals surface area contributed by atoms with Gasteiger partial charge in [0.2, 0.25) is 0 Å². The van der Waals surface area contributed by atoms with E-state index in [1.165, 1.54) is 0 Å². The van der Waals surface area contributed by atoms with Crippen LogP contribution >= 0.6 is 0 Å². The molecule has 0 rings (SSSR count). The lowest BCUT2D eigenvalue weighted by Crippen LogP contribution is -2.24. The van der Waals surface area contributed by atoms with Gasteiger partial charge in [0, 0.05) is 0 Å². The summed E-state index contributed by atoms with van der Waals surface area (Å²) >= 11 is 0. The number of rotatable bonds is 15. The molecule has 0 amide bonds. The maximum absolute atomic E-state index is 11.4. The molecule has 0 spiro atoms.